The summed E-state index contributed by atoms with van der Waals surface area (Å²) in [7, 11) is 0. The second-order valence-corrected chi connectivity index (χ2v) is 5.82. The van der Waals surface area contributed by atoms with E-state index in [1.807, 2.05) is 49.4 Å². The van der Waals surface area contributed by atoms with Gasteiger partial charge < -0.3 is 4.55 Å². The molecule has 2 rings (SSSR count). The topological polar surface area (TPSA) is 35.1 Å². The monoisotopic (exact) mass is 273 g/mol. The molecule has 2 aromatic rings. The van der Waals surface area contributed by atoms with E-state index in [1.165, 1.54) is 11.1 Å². The van der Waals surface area contributed by atoms with Crippen LogP contribution >= 0.6 is 0 Å². The van der Waals surface area contributed by atoms with E-state index in [-0.39, 0.29) is 6.04 Å². The summed E-state index contributed by atoms with van der Waals surface area (Å²) in [6.45, 7) is 4.12. The van der Waals surface area contributed by atoms with Crippen LogP contribution in [-0.4, -0.2) is 4.55 Å². The average molecular weight is 273 g/mol. The van der Waals surface area contributed by atoms with Gasteiger partial charge in [0.05, 0.1) is 17.4 Å². The summed E-state index contributed by atoms with van der Waals surface area (Å²) in [6, 6.07) is 18.0. The highest BCUT2D eigenvalue weighted by molar-refractivity contribution is 7.89. The minimum atomic E-state index is -1.17. The molecule has 2 nitrogen and oxygen atoms in total. The predicted octanol–water partition coefficient (Wildman–Crippen LogP) is 3.76. The van der Waals surface area contributed by atoms with Crippen molar-refractivity contribution in [2.45, 2.75) is 31.2 Å². The first-order valence-corrected chi connectivity index (χ1v) is 7.65. The van der Waals surface area contributed by atoms with Crippen molar-refractivity contribution < 1.29 is 4.55 Å². The maximum atomic E-state index is 12.3. The third kappa shape index (κ3) is 3.83. The van der Waals surface area contributed by atoms with Gasteiger partial charge in [-0.15, -0.1) is 4.72 Å². The van der Waals surface area contributed by atoms with Crippen LogP contribution in [0, 0.1) is 6.92 Å². The zero-order valence-corrected chi connectivity index (χ0v) is 12.1. The maximum absolute atomic E-state index is 12.3. The van der Waals surface area contributed by atoms with Crippen LogP contribution in [0.4, 0.5) is 0 Å². The molecule has 0 aliphatic rings. The molecule has 0 aliphatic carbocycles. The first-order chi connectivity index (χ1) is 9.20. The van der Waals surface area contributed by atoms with Crippen molar-refractivity contribution in [2.75, 3.05) is 0 Å². The Labute approximate surface area is 118 Å². The van der Waals surface area contributed by atoms with E-state index in [1.54, 1.807) is 0 Å². The van der Waals surface area contributed by atoms with Gasteiger partial charge in [0.25, 0.3) is 0 Å². The van der Waals surface area contributed by atoms with Crippen molar-refractivity contribution in [1.29, 1.82) is 0 Å². The number of aryl methyl sites for hydroxylation is 1. The Hall–Kier alpha value is -1.29. The van der Waals surface area contributed by atoms with Gasteiger partial charge in [0.1, 0.15) is 0 Å². The van der Waals surface area contributed by atoms with Crippen molar-refractivity contribution in [3.05, 3.63) is 65.7 Å². The molecule has 0 aromatic heterocycles. The van der Waals surface area contributed by atoms with Crippen molar-refractivity contribution >= 4 is 11.4 Å². The van der Waals surface area contributed by atoms with E-state index in [4.69, 9.17) is 0 Å². The summed E-state index contributed by atoms with van der Waals surface area (Å²) in [5, 5.41) is 0. The quantitative estimate of drug-likeness (QED) is 0.842. The third-order valence-electron chi connectivity index (χ3n) is 3.09. The van der Waals surface area contributed by atoms with Crippen molar-refractivity contribution in [3.63, 3.8) is 0 Å². The molecule has 1 unspecified atom stereocenters. The molecule has 19 heavy (non-hydrogen) atoms. The van der Waals surface area contributed by atoms with Crippen molar-refractivity contribution in [1.82, 2.24) is 4.72 Å². The van der Waals surface area contributed by atoms with E-state index in [0.29, 0.717) is 0 Å². The van der Waals surface area contributed by atoms with Gasteiger partial charge in [0, 0.05) is 0 Å². The summed E-state index contributed by atoms with van der Waals surface area (Å²) >= 11 is -1.17. The van der Waals surface area contributed by atoms with Crippen LogP contribution in [0.5, 0.6) is 0 Å². The molecule has 100 valence electrons. The van der Waals surface area contributed by atoms with Gasteiger partial charge in [-0.3, -0.25) is 0 Å². The number of rotatable bonds is 5. The largest absolute Gasteiger partial charge is 0.593 e. The smallest absolute Gasteiger partial charge is 0.173 e. The van der Waals surface area contributed by atoms with Crippen LogP contribution in [0.25, 0.3) is 0 Å². The molecule has 0 amide bonds. The Morgan fingerprint density at radius 1 is 1.05 bits per heavy atom. The van der Waals surface area contributed by atoms with Crippen LogP contribution in [0.2, 0.25) is 0 Å². The van der Waals surface area contributed by atoms with Crippen LogP contribution in [0.3, 0.4) is 0 Å². The number of benzene rings is 2. The Morgan fingerprint density at radius 2 is 1.68 bits per heavy atom. The van der Waals surface area contributed by atoms with Gasteiger partial charge in [0.2, 0.25) is 0 Å². The fourth-order valence-electron chi connectivity index (χ4n) is 1.93. The molecular weight excluding hydrogens is 254 g/mol. The molecule has 0 fully saturated rings. The zero-order valence-electron chi connectivity index (χ0n) is 11.3. The molecular formula is C16H19NOS. The molecule has 0 saturated heterocycles. The lowest BCUT2D eigenvalue weighted by atomic mass is 10.1. The molecule has 2 aromatic carbocycles. The minimum absolute atomic E-state index is 0.114. The fraction of sp³-hybridized carbons (Fsp3) is 0.250. The van der Waals surface area contributed by atoms with Gasteiger partial charge in [-0.1, -0.05) is 55.0 Å². The fourth-order valence-corrected chi connectivity index (χ4v) is 3.01. The first-order valence-electron chi connectivity index (χ1n) is 6.50. The highest BCUT2D eigenvalue weighted by atomic mass is 32.2. The maximum Gasteiger partial charge on any atom is 0.173 e. The van der Waals surface area contributed by atoms with Gasteiger partial charge in [-0.2, -0.15) is 0 Å². The highest BCUT2D eigenvalue weighted by Crippen LogP contribution is 2.20. The van der Waals surface area contributed by atoms with E-state index in [2.05, 4.69) is 23.8 Å². The van der Waals surface area contributed by atoms with Crippen LogP contribution in [0.1, 0.15) is 30.5 Å². The Bertz CT molecular complexity index is 498. The summed E-state index contributed by atoms with van der Waals surface area (Å²) < 4.78 is 15.5. The average Bonchev–Trinajstić information content (AvgIpc) is 2.46. The predicted molar refractivity (Wildman–Crippen MR) is 80.2 cm³/mol. The van der Waals surface area contributed by atoms with E-state index < -0.39 is 11.4 Å². The molecule has 0 aliphatic heterocycles. The standard InChI is InChI=1S/C16H19NOS/c1-3-16(14-7-5-4-6-8-14)17-19(18)15-11-9-13(2)10-12-15/h4-12,16-17H,3H2,1-2H3/t16-,19?/m1/s1. The number of nitrogens with one attached hydrogen (secondary N) is 1. The summed E-state index contributed by atoms with van der Waals surface area (Å²) in [5.74, 6) is 0. The van der Waals surface area contributed by atoms with E-state index >= 15 is 0 Å². The van der Waals surface area contributed by atoms with Gasteiger partial charge in [-0.05, 0) is 31.0 Å². The normalized spacial score (nSPS) is 14.1. The van der Waals surface area contributed by atoms with Gasteiger partial charge in [0.15, 0.2) is 4.90 Å². The zero-order chi connectivity index (χ0) is 13.7. The molecule has 0 spiro atoms. The molecule has 0 radical (unpaired) electrons. The lowest BCUT2D eigenvalue weighted by molar-refractivity contribution is 0.549. The molecule has 0 heterocycles. The Morgan fingerprint density at radius 3 is 2.26 bits per heavy atom. The Balaban J connectivity index is 2.08. The SMILES string of the molecule is CC[C@@H](N[S+]([O-])c1ccc(C)cc1)c1ccccc1. The number of hydrogen-bond acceptors (Lipinski definition) is 2. The third-order valence-corrected chi connectivity index (χ3v) is 4.29. The second kappa shape index (κ2) is 6.75. The van der Waals surface area contributed by atoms with Crippen LogP contribution in [-0.2, 0) is 11.4 Å². The van der Waals surface area contributed by atoms with Crippen molar-refractivity contribution in [3.8, 4) is 0 Å². The first kappa shape index (κ1) is 14.1. The lowest BCUT2D eigenvalue weighted by Gasteiger charge is -2.19. The molecule has 0 saturated carbocycles. The van der Waals surface area contributed by atoms with Crippen LogP contribution in [0.15, 0.2) is 59.5 Å². The number of hydrogen-bond donors (Lipinski definition) is 1. The molecule has 2 atom stereocenters. The lowest BCUT2D eigenvalue weighted by Crippen LogP contribution is -2.28. The summed E-state index contributed by atoms with van der Waals surface area (Å²) in [4.78, 5) is 0.819. The minimum Gasteiger partial charge on any atom is -0.593 e. The highest BCUT2D eigenvalue weighted by Gasteiger charge is 2.18. The summed E-state index contributed by atoms with van der Waals surface area (Å²) in [6.07, 6.45) is 0.904. The Kier molecular flexibility index (Phi) is 5.02. The second-order valence-electron chi connectivity index (χ2n) is 4.57. The van der Waals surface area contributed by atoms with E-state index in [0.717, 1.165) is 11.3 Å². The van der Waals surface area contributed by atoms with Gasteiger partial charge in [-0.25, -0.2) is 0 Å². The molecule has 0 bridgehead atoms. The van der Waals surface area contributed by atoms with E-state index in [9.17, 15) is 4.55 Å². The van der Waals surface area contributed by atoms with Crippen molar-refractivity contribution in [2.24, 2.45) is 0 Å². The van der Waals surface area contributed by atoms with Gasteiger partial charge >= 0.3 is 0 Å². The summed E-state index contributed by atoms with van der Waals surface area (Å²) in [5.41, 5.74) is 2.35. The molecule has 1 N–H and O–H groups in total. The van der Waals surface area contributed by atoms with Crippen LogP contribution < -0.4 is 4.72 Å². The molecule has 3 heteroatoms.